The number of hydrogen-bond donors (Lipinski definition) is 2. The summed E-state index contributed by atoms with van der Waals surface area (Å²) >= 11 is 0. The molecular formula is C18H23NO. The highest BCUT2D eigenvalue weighted by molar-refractivity contribution is 5.30. The third kappa shape index (κ3) is 4.10. The van der Waals surface area contributed by atoms with Crippen molar-refractivity contribution in [1.82, 2.24) is 5.32 Å². The monoisotopic (exact) mass is 269 g/mol. The van der Waals surface area contributed by atoms with E-state index in [0.717, 1.165) is 18.4 Å². The normalized spacial score (nSPS) is 12.3. The zero-order valence-electron chi connectivity index (χ0n) is 12.5. The summed E-state index contributed by atoms with van der Waals surface area (Å²) in [6.07, 6.45) is 1.91. The average Bonchev–Trinajstić information content (AvgIpc) is 2.36. The van der Waals surface area contributed by atoms with E-state index in [4.69, 9.17) is 0 Å². The molecule has 20 heavy (non-hydrogen) atoms. The topological polar surface area (TPSA) is 32.3 Å². The van der Waals surface area contributed by atoms with Crippen molar-refractivity contribution >= 4 is 0 Å². The lowest BCUT2D eigenvalue weighted by Crippen LogP contribution is -2.29. The van der Waals surface area contributed by atoms with Crippen LogP contribution in [-0.2, 0) is 12.8 Å². The fourth-order valence-electron chi connectivity index (χ4n) is 2.72. The number of aromatic hydroxyl groups is 1. The van der Waals surface area contributed by atoms with E-state index in [1.54, 1.807) is 6.07 Å². The summed E-state index contributed by atoms with van der Waals surface area (Å²) in [6, 6.07) is 14.6. The van der Waals surface area contributed by atoms with E-state index in [2.05, 4.69) is 43.4 Å². The molecule has 2 N–H and O–H groups in total. The summed E-state index contributed by atoms with van der Waals surface area (Å²) in [5.41, 5.74) is 5.15. The van der Waals surface area contributed by atoms with Crippen molar-refractivity contribution in [3.8, 4) is 5.75 Å². The lowest BCUT2D eigenvalue weighted by atomic mass is 9.97. The average molecular weight is 269 g/mol. The molecule has 1 unspecified atom stereocenters. The van der Waals surface area contributed by atoms with Crippen LogP contribution < -0.4 is 5.32 Å². The van der Waals surface area contributed by atoms with Crippen LogP contribution in [0.3, 0.4) is 0 Å². The minimum absolute atomic E-state index is 0.337. The van der Waals surface area contributed by atoms with E-state index in [9.17, 15) is 5.11 Å². The molecule has 0 aliphatic heterocycles. The molecule has 2 nitrogen and oxygen atoms in total. The molecule has 106 valence electrons. The molecule has 0 aromatic heterocycles. The first-order valence-corrected chi connectivity index (χ1v) is 7.09. The molecular weight excluding hydrogens is 246 g/mol. The first-order chi connectivity index (χ1) is 9.56. The van der Waals surface area contributed by atoms with Crippen molar-refractivity contribution in [2.45, 2.75) is 32.7 Å². The van der Waals surface area contributed by atoms with Crippen LogP contribution in [0, 0.1) is 13.8 Å². The van der Waals surface area contributed by atoms with Gasteiger partial charge in [-0.2, -0.15) is 0 Å². The quantitative estimate of drug-likeness (QED) is 0.872. The SMILES string of the molecule is CNC(Cc1cc(C)cc(C)c1)Cc1cccc(O)c1. The Labute approximate surface area is 121 Å². The maximum Gasteiger partial charge on any atom is 0.115 e. The van der Waals surface area contributed by atoms with Gasteiger partial charge in [0.1, 0.15) is 5.75 Å². The van der Waals surface area contributed by atoms with Gasteiger partial charge in [0.05, 0.1) is 0 Å². The van der Waals surface area contributed by atoms with Crippen molar-refractivity contribution in [2.24, 2.45) is 0 Å². The van der Waals surface area contributed by atoms with Gasteiger partial charge in [-0.05, 0) is 57.0 Å². The van der Waals surface area contributed by atoms with Crippen molar-refractivity contribution in [2.75, 3.05) is 7.05 Å². The van der Waals surface area contributed by atoms with E-state index in [1.807, 2.05) is 19.2 Å². The second kappa shape index (κ2) is 6.58. The van der Waals surface area contributed by atoms with Gasteiger partial charge in [-0.15, -0.1) is 0 Å². The molecule has 2 heteroatoms. The third-order valence-corrected chi connectivity index (χ3v) is 3.56. The number of rotatable bonds is 5. The number of benzene rings is 2. The van der Waals surface area contributed by atoms with Gasteiger partial charge in [0, 0.05) is 6.04 Å². The minimum atomic E-state index is 0.337. The molecule has 1 atom stereocenters. The first-order valence-electron chi connectivity index (χ1n) is 7.09. The van der Waals surface area contributed by atoms with E-state index in [1.165, 1.54) is 16.7 Å². The van der Waals surface area contributed by atoms with Gasteiger partial charge >= 0.3 is 0 Å². The van der Waals surface area contributed by atoms with Gasteiger partial charge in [-0.25, -0.2) is 0 Å². The van der Waals surface area contributed by atoms with Crippen LogP contribution in [-0.4, -0.2) is 18.2 Å². The maximum absolute atomic E-state index is 9.54. The lowest BCUT2D eigenvalue weighted by Gasteiger charge is -2.17. The van der Waals surface area contributed by atoms with Crippen LogP contribution in [0.2, 0.25) is 0 Å². The summed E-state index contributed by atoms with van der Waals surface area (Å²) in [5.74, 6) is 0.337. The Hall–Kier alpha value is -1.80. The summed E-state index contributed by atoms with van der Waals surface area (Å²) in [5, 5.41) is 12.9. The number of likely N-dealkylation sites (N-methyl/N-ethyl adjacent to an activating group) is 1. The summed E-state index contributed by atoms with van der Waals surface area (Å²) in [6.45, 7) is 4.28. The molecule has 0 radical (unpaired) electrons. The predicted molar refractivity (Wildman–Crippen MR) is 84.3 cm³/mol. The molecule has 2 rings (SSSR count). The Balaban J connectivity index is 2.09. The van der Waals surface area contributed by atoms with Gasteiger partial charge in [-0.3, -0.25) is 0 Å². The second-order valence-corrected chi connectivity index (χ2v) is 5.56. The van der Waals surface area contributed by atoms with Crippen LogP contribution in [0.5, 0.6) is 5.75 Å². The highest BCUT2D eigenvalue weighted by Gasteiger charge is 2.09. The molecule has 0 aliphatic carbocycles. The largest absolute Gasteiger partial charge is 0.508 e. The Bertz CT molecular complexity index is 557. The highest BCUT2D eigenvalue weighted by atomic mass is 16.3. The van der Waals surface area contributed by atoms with E-state index < -0.39 is 0 Å². The lowest BCUT2D eigenvalue weighted by molar-refractivity contribution is 0.473. The first kappa shape index (κ1) is 14.6. The Kier molecular flexibility index (Phi) is 4.80. The van der Waals surface area contributed by atoms with E-state index in [0.29, 0.717) is 11.8 Å². The van der Waals surface area contributed by atoms with Crippen molar-refractivity contribution < 1.29 is 5.11 Å². The molecule has 2 aromatic carbocycles. The molecule has 0 bridgehead atoms. The Morgan fingerprint density at radius 2 is 1.60 bits per heavy atom. The van der Waals surface area contributed by atoms with Crippen molar-refractivity contribution in [3.05, 3.63) is 64.7 Å². The second-order valence-electron chi connectivity index (χ2n) is 5.56. The van der Waals surface area contributed by atoms with Crippen LogP contribution in [0.4, 0.5) is 0 Å². The van der Waals surface area contributed by atoms with E-state index in [-0.39, 0.29) is 0 Å². The number of hydrogen-bond acceptors (Lipinski definition) is 2. The number of nitrogens with one attached hydrogen (secondary N) is 1. The van der Waals surface area contributed by atoms with Crippen LogP contribution >= 0.6 is 0 Å². The van der Waals surface area contributed by atoms with Gasteiger partial charge in [0.15, 0.2) is 0 Å². The Morgan fingerprint density at radius 3 is 2.20 bits per heavy atom. The summed E-state index contributed by atoms with van der Waals surface area (Å²) in [4.78, 5) is 0. The predicted octanol–water partition coefficient (Wildman–Crippen LogP) is 3.38. The smallest absolute Gasteiger partial charge is 0.115 e. The zero-order valence-corrected chi connectivity index (χ0v) is 12.5. The molecule has 0 saturated heterocycles. The summed E-state index contributed by atoms with van der Waals surface area (Å²) < 4.78 is 0. The van der Waals surface area contributed by atoms with Crippen molar-refractivity contribution in [1.29, 1.82) is 0 Å². The number of phenolic OH excluding ortho intramolecular Hbond substituents is 1. The fraction of sp³-hybridized carbons (Fsp3) is 0.333. The molecule has 0 spiro atoms. The molecule has 0 aliphatic rings. The van der Waals surface area contributed by atoms with Crippen LogP contribution in [0.15, 0.2) is 42.5 Å². The zero-order chi connectivity index (χ0) is 14.5. The molecule has 0 heterocycles. The van der Waals surface area contributed by atoms with Gasteiger partial charge in [0.2, 0.25) is 0 Å². The van der Waals surface area contributed by atoms with E-state index >= 15 is 0 Å². The van der Waals surface area contributed by atoms with Gasteiger partial charge < -0.3 is 10.4 Å². The van der Waals surface area contributed by atoms with Gasteiger partial charge in [-0.1, -0.05) is 41.5 Å². The highest BCUT2D eigenvalue weighted by Crippen LogP contribution is 2.16. The Morgan fingerprint density at radius 1 is 0.950 bits per heavy atom. The van der Waals surface area contributed by atoms with Gasteiger partial charge in [0.25, 0.3) is 0 Å². The molecule has 2 aromatic rings. The maximum atomic E-state index is 9.54. The molecule has 0 amide bonds. The number of aryl methyl sites for hydroxylation is 2. The minimum Gasteiger partial charge on any atom is -0.508 e. The van der Waals surface area contributed by atoms with Crippen molar-refractivity contribution in [3.63, 3.8) is 0 Å². The fourth-order valence-corrected chi connectivity index (χ4v) is 2.72. The van der Waals surface area contributed by atoms with Crippen LogP contribution in [0.25, 0.3) is 0 Å². The molecule has 0 saturated carbocycles. The third-order valence-electron chi connectivity index (χ3n) is 3.56. The molecule has 0 fully saturated rings. The van der Waals surface area contributed by atoms with Crippen LogP contribution in [0.1, 0.15) is 22.3 Å². The number of phenols is 1. The summed E-state index contributed by atoms with van der Waals surface area (Å²) in [7, 11) is 2.00. The standard InChI is InChI=1S/C18H23NO/c1-13-7-14(2)9-16(8-13)11-17(19-3)10-15-5-4-6-18(20)12-15/h4-9,12,17,19-20H,10-11H2,1-3H3.